The summed E-state index contributed by atoms with van der Waals surface area (Å²) in [4.78, 5) is 0. The van der Waals surface area contributed by atoms with Crippen LogP contribution in [0.5, 0.6) is 0 Å². The maximum atomic E-state index is 3.57. The molecule has 112 valence electrons. The molecule has 0 spiro atoms. The minimum atomic E-state index is 0.415. The SMILES string of the molecule is C[C@H](NCCCN[C@@H](C)c1ccccc1)c1ccccc1. The van der Waals surface area contributed by atoms with Crippen LogP contribution in [-0.4, -0.2) is 13.1 Å². The van der Waals surface area contributed by atoms with Gasteiger partial charge in [0.05, 0.1) is 0 Å². The van der Waals surface area contributed by atoms with Crippen LogP contribution in [0.1, 0.15) is 43.5 Å². The van der Waals surface area contributed by atoms with Gasteiger partial charge in [0.2, 0.25) is 0 Å². The Kier molecular flexibility index (Phi) is 6.45. The molecule has 0 aromatic heterocycles. The fraction of sp³-hybridized carbons (Fsp3) is 0.368. The fourth-order valence-corrected chi connectivity index (χ4v) is 2.44. The Hall–Kier alpha value is -1.64. The highest BCUT2D eigenvalue weighted by atomic mass is 14.9. The van der Waals surface area contributed by atoms with Crippen molar-refractivity contribution in [1.82, 2.24) is 10.6 Å². The van der Waals surface area contributed by atoms with E-state index in [-0.39, 0.29) is 0 Å². The number of benzene rings is 2. The van der Waals surface area contributed by atoms with Crippen LogP contribution in [0, 0.1) is 0 Å². The zero-order valence-electron chi connectivity index (χ0n) is 13.0. The Morgan fingerprint density at radius 1 is 0.667 bits per heavy atom. The molecule has 0 aliphatic heterocycles. The van der Waals surface area contributed by atoms with Gasteiger partial charge in [-0.2, -0.15) is 0 Å². The molecular formula is C19H26N2. The summed E-state index contributed by atoms with van der Waals surface area (Å²) in [5.41, 5.74) is 2.70. The highest BCUT2D eigenvalue weighted by molar-refractivity contribution is 5.18. The molecule has 0 radical (unpaired) electrons. The van der Waals surface area contributed by atoms with E-state index in [4.69, 9.17) is 0 Å². The molecule has 2 nitrogen and oxygen atoms in total. The van der Waals surface area contributed by atoms with E-state index in [0.717, 1.165) is 19.5 Å². The molecule has 0 aliphatic rings. The van der Waals surface area contributed by atoms with Gasteiger partial charge in [-0.15, -0.1) is 0 Å². The van der Waals surface area contributed by atoms with E-state index in [1.807, 2.05) is 0 Å². The van der Waals surface area contributed by atoms with Gasteiger partial charge in [0.15, 0.2) is 0 Å². The average Bonchev–Trinajstić information content (AvgIpc) is 2.55. The second-order valence-electron chi connectivity index (χ2n) is 5.53. The van der Waals surface area contributed by atoms with Crippen LogP contribution in [0.2, 0.25) is 0 Å². The smallest absolute Gasteiger partial charge is 0.0291 e. The number of hydrogen-bond acceptors (Lipinski definition) is 2. The summed E-state index contributed by atoms with van der Waals surface area (Å²) >= 11 is 0. The average molecular weight is 282 g/mol. The molecule has 0 fully saturated rings. The maximum absolute atomic E-state index is 3.57. The third kappa shape index (κ3) is 5.33. The zero-order chi connectivity index (χ0) is 14.9. The lowest BCUT2D eigenvalue weighted by molar-refractivity contribution is 0.511. The highest BCUT2D eigenvalue weighted by Crippen LogP contribution is 2.12. The Morgan fingerprint density at radius 2 is 1.05 bits per heavy atom. The summed E-state index contributed by atoms with van der Waals surface area (Å²) in [5.74, 6) is 0. The molecule has 0 amide bonds. The van der Waals surface area contributed by atoms with Gasteiger partial charge in [0, 0.05) is 12.1 Å². The number of hydrogen-bond donors (Lipinski definition) is 2. The summed E-state index contributed by atoms with van der Waals surface area (Å²) in [6, 6.07) is 22.0. The van der Waals surface area contributed by atoms with E-state index in [2.05, 4.69) is 85.1 Å². The fourth-order valence-electron chi connectivity index (χ4n) is 2.44. The molecule has 21 heavy (non-hydrogen) atoms. The molecule has 0 saturated heterocycles. The van der Waals surface area contributed by atoms with Crippen LogP contribution in [0.4, 0.5) is 0 Å². The van der Waals surface area contributed by atoms with Gasteiger partial charge in [-0.25, -0.2) is 0 Å². The van der Waals surface area contributed by atoms with Gasteiger partial charge in [-0.3, -0.25) is 0 Å². The summed E-state index contributed by atoms with van der Waals surface area (Å²) in [5, 5.41) is 7.14. The molecule has 0 aliphatic carbocycles. The first-order valence-electron chi connectivity index (χ1n) is 7.84. The molecule has 0 heterocycles. The Morgan fingerprint density at radius 3 is 1.43 bits per heavy atom. The Labute approximate surface area is 128 Å². The van der Waals surface area contributed by atoms with Crippen LogP contribution in [0.25, 0.3) is 0 Å². The molecule has 2 heteroatoms. The third-order valence-electron chi connectivity index (χ3n) is 3.85. The van der Waals surface area contributed by atoms with Gasteiger partial charge in [0.1, 0.15) is 0 Å². The molecule has 2 N–H and O–H groups in total. The molecule has 0 unspecified atom stereocenters. The van der Waals surface area contributed by atoms with E-state index >= 15 is 0 Å². The highest BCUT2D eigenvalue weighted by Gasteiger charge is 2.04. The minimum Gasteiger partial charge on any atom is -0.310 e. The van der Waals surface area contributed by atoms with E-state index in [1.54, 1.807) is 0 Å². The normalized spacial score (nSPS) is 13.8. The van der Waals surface area contributed by atoms with Crippen molar-refractivity contribution in [2.75, 3.05) is 13.1 Å². The molecule has 0 bridgehead atoms. The lowest BCUT2D eigenvalue weighted by atomic mass is 10.1. The maximum Gasteiger partial charge on any atom is 0.0291 e. The molecular weight excluding hydrogens is 256 g/mol. The summed E-state index contributed by atoms with van der Waals surface area (Å²) in [6.45, 7) is 6.50. The quantitative estimate of drug-likeness (QED) is 0.713. The van der Waals surface area contributed by atoms with Crippen molar-refractivity contribution in [2.24, 2.45) is 0 Å². The van der Waals surface area contributed by atoms with Crippen LogP contribution in [0.3, 0.4) is 0 Å². The van der Waals surface area contributed by atoms with Gasteiger partial charge in [-0.05, 0) is 44.5 Å². The van der Waals surface area contributed by atoms with Gasteiger partial charge in [-0.1, -0.05) is 60.7 Å². The zero-order valence-corrected chi connectivity index (χ0v) is 13.0. The molecule has 0 saturated carbocycles. The van der Waals surface area contributed by atoms with Crippen LogP contribution in [-0.2, 0) is 0 Å². The molecule has 2 aromatic rings. The Balaban J connectivity index is 1.62. The van der Waals surface area contributed by atoms with Crippen molar-refractivity contribution < 1.29 is 0 Å². The lowest BCUT2D eigenvalue weighted by Gasteiger charge is -2.16. The second kappa shape index (κ2) is 8.60. The number of rotatable bonds is 8. The first-order valence-corrected chi connectivity index (χ1v) is 7.84. The minimum absolute atomic E-state index is 0.415. The topological polar surface area (TPSA) is 24.1 Å². The van der Waals surface area contributed by atoms with Crippen molar-refractivity contribution >= 4 is 0 Å². The van der Waals surface area contributed by atoms with Crippen molar-refractivity contribution in [3.63, 3.8) is 0 Å². The van der Waals surface area contributed by atoms with Crippen molar-refractivity contribution in [1.29, 1.82) is 0 Å². The first kappa shape index (κ1) is 15.7. The van der Waals surface area contributed by atoms with E-state index in [1.165, 1.54) is 11.1 Å². The summed E-state index contributed by atoms with van der Waals surface area (Å²) in [7, 11) is 0. The van der Waals surface area contributed by atoms with Crippen molar-refractivity contribution in [3.05, 3.63) is 71.8 Å². The van der Waals surface area contributed by atoms with E-state index in [0.29, 0.717) is 12.1 Å². The van der Waals surface area contributed by atoms with Crippen molar-refractivity contribution in [2.45, 2.75) is 32.4 Å². The first-order chi connectivity index (χ1) is 10.3. The van der Waals surface area contributed by atoms with Crippen LogP contribution < -0.4 is 10.6 Å². The lowest BCUT2D eigenvalue weighted by Crippen LogP contribution is -2.25. The Bertz CT molecular complexity index is 448. The predicted molar refractivity (Wildman–Crippen MR) is 90.3 cm³/mol. The monoisotopic (exact) mass is 282 g/mol. The molecule has 2 rings (SSSR count). The molecule has 2 atom stereocenters. The largest absolute Gasteiger partial charge is 0.310 e. The second-order valence-corrected chi connectivity index (χ2v) is 5.53. The van der Waals surface area contributed by atoms with Gasteiger partial charge >= 0.3 is 0 Å². The standard InChI is InChI=1S/C19H26N2/c1-16(18-10-5-3-6-11-18)20-14-9-15-21-17(2)19-12-7-4-8-13-19/h3-8,10-13,16-17,20-21H,9,14-15H2,1-2H3/t16-,17-/m0/s1. The summed E-state index contributed by atoms with van der Waals surface area (Å²) in [6.07, 6.45) is 1.13. The van der Waals surface area contributed by atoms with Gasteiger partial charge in [0.25, 0.3) is 0 Å². The van der Waals surface area contributed by atoms with Crippen molar-refractivity contribution in [3.8, 4) is 0 Å². The van der Waals surface area contributed by atoms with E-state index in [9.17, 15) is 0 Å². The van der Waals surface area contributed by atoms with Crippen LogP contribution >= 0.6 is 0 Å². The van der Waals surface area contributed by atoms with Crippen LogP contribution in [0.15, 0.2) is 60.7 Å². The van der Waals surface area contributed by atoms with E-state index < -0.39 is 0 Å². The number of nitrogens with one attached hydrogen (secondary N) is 2. The third-order valence-corrected chi connectivity index (χ3v) is 3.85. The molecule has 2 aromatic carbocycles. The summed E-state index contributed by atoms with van der Waals surface area (Å²) < 4.78 is 0. The van der Waals surface area contributed by atoms with Gasteiger partial charge < -0.3 is 10.6 Å². The predicted octanol–water partition coefficient (Wildman–Crippen LogP) is 4.08.